The zero-order valence-corrected chi connectivity index (χ0v) is 22.9. The summed E-state index contributed by atoms with van der Waals surface area (Å²) in [6.07, 6.45) is -0.186. The number of allylic oxidation sites excluding steroid dienone is 1. The maximum atomic E-state index is 14.5. The third-order valence-electron chi connectivity index (χ3n) is 6.52. The van der Waals surface area contributed by atoms with Crippen LogP contribution in [0.15, 0.2) is 54.9 Å². The molecule has 220 valence electrons. The minimum atomic E-state index is -5.95. The molecule has 8 nitrogen and oxygen atoms in total. The zero-order valence-electron chi connectivity index (χ0n) is 21.3. The summed E-state index contributed by atoms with van der Waals surface area (Å²) in [4.78, 5) is 26.6. The van der Waals surface area contributed by atoms with Gasteiger partial charge in [-0.2, -0.15) is 21.6 Å². The van der Waals surface area contributed by atoms with Gasteiger partial charge in [0.1, 0.15) is 23.8 Å². The highest BCUT2D eigenvalue weighted by molar-refractivity contribution is 7.88. The van der Waals surface area contributed by atoms with Crippen molar-refractivity contribution in [1.29, 1.82) is 0 Å². The molecule has 1 fully saturated rings. The molecule has 1 N–H and O–H groups in total. The van der Waals surface area contributed by atoms with E-state index in [2.05, 4.69) is 16.1 Å². The van der Waals surface area contributed by atoms with Gasteiger partial charge in [0.25, 0.3) is 0 Å². The van der Waals surface area contributed by atoms with Gasteiger partial charge in [-0.15, -0.1) is 0 Å². The summed E-state index contributed by atoms with van der Waals surface area (Å²) in [7, 11) is -5.95. The number of hydrogen-bond acceptors (Lipinski definition) is 6. The second-order valence-corrected chi connectivity index (χ2v) is 11.3. The number of ketones is 1. The molecule has 1 amide bonds. The van der Waals surface area contributed by atoms with Crippen LogP contribution in [0.4, 0.5) is 22.0 Å². The third kappa shape index (κ3) is 6.32. The molecule has 0 aliphatic carbocycles. The average Bonchev–Trinajstić information content (AvgIpc) is 3.44. The van der Waals surface area contributed by atoms with Gasteiger partial charge in [-0.3, -0.25) is 9.59 Å². The number of amides is 1. The third-order valence-corrected chi connectivity index (χ3v) is 7.79. The number of halogens is 6. The molecule has 15 heteroatoms. The average molecular weight is 620 g/mol. The SMILES string of the molecule is C=C(Cn1cc(C(C)=O)c2ccc(OS(=O)(=O)C(F)(F)F)cc21)N1C[C@H](F)C[C@H]1C(=O)NCc1cccc(Cl)c1F. The standard InChI is InChI=1S/C26H23ClF5N3O5S/c1-14(35-12-17(28)8-23(35)25(37)33-10-16-4-3-5-21(27)24(16)29)11-34-13-20(15(2)36)19-7-6-18(9-22(19)34)40-41(38,39)26(30,31)32/h3-7,9,13,17,23H,1,8,10-12H2,2H3,(H,33,37)/t17-,23+/m1/s1. The van der Waals surface area contributed by atoms with E-state index in [0.29, 0.717) is 5.39 Å². The lowest BCUT2D eigenvalue weighted by Gasteiger charge is -2.28. The number of hydrogen-bond donors (Lipinski definition) is 1. The molecule has 2 heterocycles. The van der Waals surface area contributed by atoms with Crippen LogP contribution in [0.5, 0.6) is 5.75 Å². The van der Waals surface area contributed by atoms with Crippen LogP contribution in [0.25, 0.3) is 10.9 Å². The van der Waals surface area contributed by atoms with Crippen LogP contribution >= 0.6 is 11.6 Å². The molecule has 0 unspecified atom stereocenters. The number of Topliss-reactive ketones (excluding diaryl/α,β-unsaturated/α-hetero) is 1. The Hall–Kier alpha value is -3.65. The van der Waals surface area contributed by atoms with Gasteiger partial charge in [0.15, 0.2) is 5.78 Å². The lowest BCUT2D eigenvalue weighted by atomic mass is 10.1. The summed E-state index contributed by atoms with van der Waals surface area (Å²) in [5, 5.41) is 2.74. The largest absolute Gasteiger partial charge is 0.534 e. The summed E-state index contributed by atoms with van der Waals surface area (Å²) in [5.41, 5.74) is -4.98. The molecule has 1 saturated heterocycles. The van der Waals surface area contributed by atoms with E-state index in [1.807, 2.05) is 0 Å². The Morgan fingerprint density at radius 1 is 1.22 bits per heavy atom. The molecule has 1 aromatic heterocycles. The molecule has 0 spiro atoms. The quantitative estimate of drug-likeness (QED) is 0.155. The van der Waals surface area contributed by atoms with Gasteiger partial charge in [-0.25, -0.2) is 8.78 Å². The molecule has 2 aromatic carbocycles. The Bertz CT molecular complexity index is 1640. The van der Waals surface area contributed by atoms with Gasteiger partial charge in [-0.1, -0.05) is 30.3 Å². The number of nitrogens with zero attached hydrogens (tertiary/aromatic N) is 2. The number of carbonyl (C=O) groups is 2. The first-order valence-corrected chi connectivity index (χ1v) is 13.8. The summed E-state index contributed by atoms with van der Waals surface area (Å²) in [6, 6.07) is 6.53. The zero-order chi connectivity index (χ0) is 30.3. The van der Waals surface area contributed by atoms with E-state index in [0.717, 1.165) is 12.1 Å². The van der Waals surface area contributed by atoms with E-state index < -0.39 is 45.3 Å². The fourth-order valence-electron chi connectivity index (χ4n) is 4.56. The van der Waals surface area contributed by atoms with Crippen molar-refractivity contribution in [1.82, 2.24) is 14.8 Å². The Balaban J connectivity index is 1.58. The van der Waals surface area contributed by atoms with Crippen molar-refractivity contribution >= 4 is 44.3 Å². The van der Waals surface area contributed by atoms with Crippen LogP contribution < -0.4 is 9.50 Å². The summed E-state index contributed by atoms with van der Waals surface area (Å²) in [6.45, 7) is 4.67. The van der Waals surface area contributed by atoms with Crippen molar-refractivity contribution in [2.45, 2.75) is 44.2 Å². The topological polar surface area (TPSA) is 97.7 Å². The van der Waals surface area contributed by atoms with Crippen LogP contribution in [0.1, 0.15) is 29.3 Å². The number of carbonyl (C=O) groups excluding carboxylic acids is 2. The molecule has 41 heavy (non-hydrogen) atoms. The Morgan fingerprint density at radius 2 is 1.93 bits per heavy atom. The molecule has 4 rings (SSSR count). The number of likely N-dealkylation sites (tertiary alicyclic amines) is 1. The molecule has 0 bridgehead atoms. The fraction of sp³-hybridized carbons (Fsp3) is 0.308. The predicted molar refractivity (Wildman–Crippen MR) is 140 cm³/mol. The van der Waals surface area contributed by atoms with E-state index in [9.17, 15) is 40.0 Å². The monoisotopic (exact) mass is 619 g/mol. The molecule has 0 radical (unpaired) electrons. The van der Waals surface area contributed by atoms with E-state index in [4.69, 9.17) is 11.6 Å². The van der Waals surface area contributed by atoms with Gasteiger partial charge in [0, 0.05) is 54.0 Å². The van der Waals surface area contributed by atoms with E-state index in [1.54, 1.807) is 0 Å². The summed E-state index contributed by atoms with van der Waals surface area (Å²) < 4.78 is 95.8. The van der Waals surface area contributed by atoms with Crippen molar-refractivity contribution in [3.05, 3.63) is 76.8 Å². The molecule has 1 aliphatic rings. The van der Waals surface area contributed by atoms with Crippen LogP contribution in [0, 0.1) is 5.82 Å². The predicted octanol–water partition coefficient (Wildman–Crippen LogP) is 5.11. The smallest absolute Gasteiger partial charge is 0.376 e. The normalized spacial score (nSPS) is 17.6. The second-order valence-electron chi connectivity index (χ2n) is 9.39. The van der Waals surface area contributed by atoms with Gasteiger partial charge in [-0.05, 0) is 25.1 Å². The van der Waals surface area contributed by atoms with Gasteiger partial charge in [0.2, 0.25) is 5.91 Å². The first kappa shape index (κ1) is 30.3. The molecule has 0 saturated carbocycles. The summed E-state index contributed by atoms with van der Waals surface area (Å²) in [5.74, 6) is -2.32. The van der Waals surface area contributed by atoms with Crippen molar-refractivity contribution in [2.75, 3.05) is 6.54 Å². The highest BCUT2D eigenvalue weighted by Crippen LogP contribution is 2.32. The molecule has 3 aromatic rings. The molecule has 2 atom stereocenters. The Labute approximate surface area is 236 Å². The molecular weight excluding hydrogens is 597 g/mol. The number of nitrogens with one attached hydrogen (secondary N) is 1. The maximum Gasteiger partial charge on any atom is 0.534 e. The summed E-state index contributed by atoms with van der Waals surface area (Å²) >= 11 is 5.77. The highest BCUT2D eigenvalue weighted by Gasteiger charge is 2.48. The van der Waals surface area contributed by atoms with Gasteiger partial charge in [0.05, 0.1) is 17.1 Å². The fourth-order valence-corrected chi connectivity index (χ4v) is 5.21. The Kier molecular flexibility index (Phi) is 8.37. The number of benzene rings is 2. The van der Waals surface area contributed by atoms with Crippen molar-refractivity contribution < 1.29 is 44.1 Å². The minimum absolute atomic E-state index is 0.120. The van der Waals surface area contributed by atoms with E-state index >= 15 is 0 Å². The van der Waals surface area contributed by atoms with Gasteiger partial charge >= 0.3 is 15.6 Å². The second kappa shape index (κ2) is 11.3. The van der Waals surface area contributed by atoms with Gasteiger partial charge < -0.3 is 19.0 Å². The van der Waals surface area contributed by atoms with E-state index in [-0.39, 0.29) is 59.2 Å². The number of fused-ring (bicyclic) bond motifs is 1. The molecule has 1 aliphatic heterocycles. The first-order valence-electron chi connectivity index (χ1n) is 12.0. The minimum Gasteiger partial charge on any atom is -0.376 e. The lowest BCUT2D eigenvalue weighted by Crippen LogP contribution is -2.43. The first-order chi connectivity index (χ1) is 19.1. The number of rotatable bonds is 9. The van der Waals surface area contributed by atoms with Crippen molar-refractivity contribution in [2.24, 2.45) is 0 Å². The van der Waals surface area contributed by atoms with Crippen molar-refractivity contribution in [3.63, 3.8) is 0 Å². The Morgan fingerprint density at radius 3 is 2.59 bits per heavy atom. The lowest BCUT2D eigenvalue weighted by molar-refractivity contribution is -0.125. The number of alkyl halides is 4. The van der Waals surface area contributed by atoms with Crippen LogP contribution in [0.2, 0.25) is 5.02 Å². The van der Waals surface area contributed by atoms with Crippen LogP contribution in [-0.2, 0) is 28.0 Å². The highest BCUT2D eigenvalue weighted by atomic mass is 35.5. The van der Waals surface area contributed by atoms with Crippen LogP contribution in [-0.4, -0.2) is 53.8 Å². The van der Waals surface area contributed by atoms with E-state index in [1.165, 1.54) is 46.9 Å². The maximum absolute atomic E-state index is 14.5. The number of aromatic nitrogens is 1. The molecular formula is C26H23ClF5N3O5S. The van der Waals surface area contributed by atoms with Crippen molar-refractivity contribution in [3.8, 4) is 5.75 Å². The van der Waals surface area contributed by atoms with Crippen LogP contribution in [0.3, 0.4) is 0 Å².